The minimum atomic E-state index is -0.754. The second-order valence-electron chi connectivity index (χ2n) is 10.0. The highest BCUT2D eigenvalue weighted by Crippen LogP contribution is 2.35. The molecular weight excluding hydrogens is 523 g/mol. The molecule has 0 spiro atoms. The minimum Gasteiger partial charge on any atom is -0.462 e. The molecule has 0 bridgehead atoms. The van der Waals surface area contributed by atoms with Gasteiger partial charge in [-0.15, -0.1) is 0 Å². The highest BCUT2D eigenvalue weighted by molar-refractivity contribution is 5.78. The Morgan fingerprint density at radius 3 is 2.45 bits per heavy atom. The first kappa shape index (κ1) is 27.3. The van der Waals surface area contributed by atoms with E-state index >= 15 is 0 Å². The molecule has 3 heterocycles. The lowest BCUT2D eigenvalue weighted by Crippen LogP contribution is -2.33. The van der Waals surface area contributed by atoms with Crippen LogP contribution in [0.25, 0.3) is 22.6 Å². The fourth-order valence-corrected chi connectivity index (χ4v) is 4.82. The molecule has 0 radical (unpaired) electrons. The van der Waals surface area contributed by atoms with Crippen molar-refractivity contribution in [3.63, 3.8) is 0 Å². The Morgan fingerprint density at radius 2 is 1.77 bits per heavy atom. The van der Waals surface area contributed by atoms with Crippen LogP contribution in [0.3, 0.4) is 0 Å². The predicted octanol–water partition coefficient (Wildman–Crippen LogP) is 5.75. The smallest absolute Gasteiger partial charge is 0.308 e. The highest BCUT2D eigenvalue weighted by atomic mass is 19.1. The molecule has 8 nitrogen and oxygen atoms in total. The largest absolute Gasteiger partial charge is 0.462 e. The van der Waals surface area contributed by atoms with Crippen LogP contribution >= 0.6 is 0 Å². The zero-order valence-corrected chi connectivity index (χ0v) is 21.9. The van der Waals surface area contributed by atoms with Crippen molar-refractivity contribution < 1.29 is 27.8 Å². The first-order valence-corrected chi connectivity index (χ1v) is 13.0. The maximum Gasteiger partial charge on any atom is 0.308 e. The van der Waals surface area contributed by atoms with Gasteiger partial charge in [-0.2, -0.15) is 0 Å². The summed E-state index contributed by atoms with van der Waals surface area (Å²) in [7, 11) is 0. The lowest BCUT2D eigenvalue weighted by atomic mass is 10.0. The van der Waals surface area contributed by atoms with Crippen LogP contribution in [0.5, 0.6) is 0 Å². The van der Waals surface area contributed by atoms with Gasteiger partial charge in [-0.25, -0.2) is 28.1 Å². The van der Waals surface area contributed by atoms with Crippen LogP contribution in [-0.4, -0.2) is 42.8 Å². The number of halogens is 3. The third-order valence-corrected chi connectivity index (χ3v) is 6.56. The molecule has 0 saturated carbocycles. The molecule has 2 aromatic carbocycles. The van der Waals surface area contributed by atoms with Crippen molar-refractivity contribution in [3.8, 4) is 22.6 Å². The number of aliphatic hydroxyl groups is 1. The molecule has 11 heteroatoms. The maximum atomic E-state index is 13.8. The summed E-state index contributed by atoms with van der Waals surface area (Å²) in [6.45, 7) is 4.38. The molecule has 1 fully saturated rings. The number of esters is 1. The number of benzene rings is 2. The summed E-state index contributed by atoms with van der Waals surface area (Å²) in [5.41, 5.74) is 2.45. The van der Waals surface area contributed by atoms with Gasteiger partial charge in [0.05, 0.1) is 29.6 Å². The summed E-state index contributed by atoms with van der Waals surface area (Å²) in [5, 5.41) is 12.9. The van der Waals surface area contributed by atoms with Crippen LogP contribution in [0.2, 0.25) is 0 Å². The van der Waals surface area contributed by atoms with Gasteiger partial charge in [0.15, 0.2) is 0 Å². The molecule has 1 aliphatic heterocycles. The molecule has 0 amide bonds. The number of rotatable bonds is 8. The normalized spacial score (nSPS) is 17.2. The molecule has 0 unspecified atom stereocenters. The summed E-state index contributed by atoms with van der Waals surface area (Å²) in [6, 6.07) is 10.7. The Labute approximate surface area is 228 Å². The third-order valence-electron chi connectivity index (χ3n) is 6.56. The number of cyclic esters (lactones) is 1. The van der Waals surface area contributed by atoms with Crippen molar-refractivity contribution in [2.45, 2.75) is 57.8 Å². The molecule has 2 N–H and O–H groups in total. The summed E-state index contributed by atoms with van der Waals surface area (Å²) in [4.78, 5) is 25.7. The molecule has 208 valence electrons. The third kappa shape index (κ3) is 6.15. The van der Waals surface area contributed by atoms with Crippen molar-refractivity contribution in [1.82, 2.24) is 19.5 Å². The number of imidazole rings is 1. The van der Waals surface area contributed by atoms with E-state index in [9.17, 15) is 23.1 Å². The van der Waals surface area contributed by atoms with Gasteiger partial charge in [0.25, 0.3) is 0 Å². The van der Waals surface area contributed by atoms with E-state index in [2.05, 4.69) is 15.3 Å². The number of nitrogens with one attached hydrogen (secondary N) is 1. The van der Waals surface area contributed by atoms with E-state index in [0.717, 1.165) is 24.0 Å². The van der Waals surface area contributed by atoms with Gasteiger partial charge < -0.3 is 19.7 Å². The van der Waals surface area contributed by atoms with Crippen molar-refractivity contribution in [2.75, 3.05) is 5.32 Å². The second kappa shape index (κ2) is 11.5. The standard InChI is InChI=1S/C29H28F3N5O3/c1-16(2)28-36-26(17-3-5-18(30)6-4-17)27(37(28)10-8-23-14-22(38)15-25(39)40-23)24-7-9-33-29(35-24)34-21-12-19(31)11-20(32)13-21/h3-7,9,11-13,16,22-23,38H,8,10,14-15H2,1-2H3,(H,33,34,35)/t22-,23-/m1/s1. The van der Waals surface area contributed by atoms with Gasteiger partial charge in [-0.3, -0.25) is 4.79 Å². The van der Waals surface area contributed by atoms with Crippen LogP contribution < -0.4 is 5.32 Å². The zero-order valence-electron chi connectivity index (χ0n) is 21.9. The molecular formula is C29H28F3N5O3. The number of hydrogen-bond donors (Lipinski definition) is 2. The lowest BCUT2D eigenvalue weighted by molar-refractivity contribution is -0.160. The average Bonchev–Trinajstić information content (AvgIpc) is 3.27. The number of aromatic nitrogens is 4. The van der Waals surface area contributed by atoms with Gasteiger partial charge in [0.2, 0.25) is 5.95 Å². The number of carbonyl (C=O) groups excluding carboxylic acids is 1. The second-order valence-corrected chi connectivity index (χ2v) is 10.0. The highest BCUT2D eigenvalue weighted by Gasteiger charge is 2.29. The van der Waals surface area contributed by atoms with Crippen LogP contribution in [0.15, 0.2) is 54.7 Å². The molecule has 0 aliphatic carbocycles. The first-order valence-electron chi connectivity index (χ1n) is 13.0. The van der Waals surface area contributed by atoms with E-state index in [1.54, 1.807) is 18.2 Å². The SMILES string of the molecule is CC(C)c1nc(-c2ccc(F)cc2)c(-c2ccnc(Nc3cc(F)cc(F)c3)n2)n1CC[C@@H]1C[C@@H](O)CC(=O)O1. The van der Waals surface area contributed by atoms with Crippen LogP contribution in [-0.2, 0) is 16.1 Å². The van der Waals surface area contributed by atoms with Crippen LogP contribution in [0, 0.1) is 17.5 Å². The number of nitrogens with zero attached hydrogens (tertiary/aromatic N) is 4. The molecule has 1 saturated heterocycles. The monoisotopic (exact) mass is 551 g/mol. The molecule has 2 aromatic heterocycles. The van der Waals surface area contributed by atoms with Gasteiger partial charge >= 0.3 is 5.97 Å². The van der Waals surface area contributed by atoms with E-state index in [0.29, 0.717) is 42.0 Å². The fourth-order valence-electron chi connectivity index (χ4n) is 4.82. The fraction of sp³-hybridized carbons (Fsp3) is 0.310. The average molecular weight is 552 g/mol. The van der Waals surface area contributed by atoms with E-state index in [4.69, 9.17) is 9.72 Å². The van der Waals surface area contributed by atoms with Crippen molar-refractivity contribution >= 4 is 17.6 Å². The Bertz CT molecular complexity index is 1500. The molecule has 5 rings (SSSR count). The van der Waals surface area contributed by atoms with Crippen molar-refractivity contribution in [1.29, 1.82) is 0 Å². The van der Waals surface area contributed by atoms with Crippen LogP contribution in [0.4, 0.5) is 24.8 Å². The summed E-state index contributed by atoms with van der Waals surface area (Å²) in [5.74, 6) is -1.49. The summed E-state index contributed by atoms with van der Waals surface area (Å²) in [6.07, 6.45) is 1.03. The van der Waals surface area contributed by atoms with Crippen molar-refractivity contribution in [2.24, 2.45) is 0 Å². The molecule has 2 atom stereocenters. The number of carbonyl (C=O) groups is 1. The quantitative estimate of drug-likeness (QED) is 0.269. The number of anilines is 2. The van der Waals surface area contributed by atoms with E-state index in [-0.39, 0.29) is 29.8 Å². The van der Waals surface area contributed by atoms with E-state index in [1.807, 2.05) is 18.4 Å². The Morgan fingerprint density at radius 1 is 1.05 bits per heavy atom. The number of hydrogen-bond acceptors (Lipinski definition) is 7. The maximum absolute atomic E-state index is 13.8. The van der Waals surface area contributed by atoms with Gasteiger partial charge in [0, 0.05) is 48.8 Å². The number of ether oxygens (including phenoxy) is 1. The minimum absolute atomic E-state index is 0.0119. The predicted molar refractivity (Wildman–Crippen MR) is 142 cm³/mol. The summed E-state index contributed by atoms with van der Waals surface area (Å²) < 4.78 is 48.7. The Kier molecular flexibility index (Phi) is 7.83. The van der Waals surface area contributed by atoms with Gasteiger partial charge in [-0.05, 0) is 42.5 Å². The van der Waals surface area contributed by atoms with Gasteiger partial charge in [0.1, 0.15) is 29.4 Å². The zero-order chi connectivity index (χ0) is 28.4. The molecule has 1 aliphatic rings. The van der Waals surface area contributed by atoms with E-state index in [1.165, 1.54) is 18.3 Å². The Balaban J connectivity index is 1.58. The van der Waals surface area contributed by atoms with Crippen molar-refractivity contribution in [3.05, 3.63) is 78.0 Å². The van der Waals surface area contributed by atoms with Gasteiger partial charge in [-0.1, -0.05) is 13.8 Å². The topological polar surface area (TPSA) is 102 Å². The number of aliphatic hydroxyl groups excluding tert-OH is 1. The molecule has 4 aromatic rings. The van der Waals surface area contributed by atoms with Crippen LogP contribution in [0.1, 0.15) is 44.9 Å². The summed E-state index contributed by atoms with van der Waals surface area (Å²) >= 11 is 0. The molecule has 40 heavy (non-hydrogen) atoms. The van der Waals surface area contributed by atoms with E-state index < -0.39 is 29.8 Å². The Hall–Kier alpha value is -4.25. The lowest BCUT2D eigenvalue weighted by Gasteiger charge is -2.26. The first-order chi connectivity index (χ1) is 19.2.